The minimum Gasteiger partial charge on any atom is -0.437 e. The van der Waals surface area contributed by atoms with Crippen LogP contribution in [0.1, 0.15) is 74.1 Å². The SMILES string of the molecule is COC(C)(C)c1cnc2n1C[C@@H](c1cccc(F)c1F)CC[C@@H]2NC(=O)N1CCC2(CC1)OC(=O)Nc1ncccc12. The minimum atomic E-state index is -0.884. The number of ether oxygens (including phenoxy) is 2. The van der Waals surface area contributed by atoms with E-state index in [4.69, 9.17) is 14.5 Å². The van der Waals surface area contributed by atoms with E-state index in [-0.39, 0.29) is 11.9 Å². The Kier molecular flexibility index (Phi) is 7.12. The maximum Gasteiger partial charge on any atom is 0.413 e. The molecule has 3 aromatic rings. The van der Waals surface area contributed by atoms with E-state index in [0.717, 1.165) is 17.3 Å². The fraction of sp³-hybridized carbons (Fsp3) is 0.467. The first-order valence-electron chi connectivity index (χ1n) is 14.2. The van der Waals surface area contributed by atoms with Crippen LogP contribution in [0.2, 0.25) is 0 Å². The van der Waals surface area contributed by atoms with Crippen LogP contribution >= 0.6 is 0 Å². The minimum absolute atomic E-state index is 0.265. The van der Waals surface area contributed by atoms with Crippen molar-refractivity contribution in [2.24, 2.45) is 0 Å². The fourth-order valence-electron chi connectivity index (χ4n) is 6.39. The molecule has 2 atom stereocenters. The Labute approximate surface area is 242 Å². The number of nitrogens with zero attached hydrogens (tertiary/aromatic N) is 4. The number of hydrogen-bond donors (Lipinski definition) is 2. The van der Waals surface area contributed by atoms with Crippen LogP contribution in [0.5, 0.6) is 0 Å². The normalized spacial score (nSPS) is 21.5. The number of urea groups is 1. The van der Waals surface area contributed by atoms with E-state index < -0.39 is 35.0 Å². The second-order valence-corrected chi connectivity index (χ2v) is 11.6. The summed E-state index contributed by atoms with van der Waals surface area (Å²) >= 11 is 0. The maximum atomic E-state index is 14.9. The molecule has 6 rings (SSSR count). The first kappa shape index (κ1) is 28.1. The van der Waals surface area contributed by atoms with Crippen molar-refractivity contribution >= 4 is 17.9 Å². The number of anilines is 1. The van der Waals surface area contributed by atoms with Gasteiger partial charge in [-0.2, -0.15) is 0 Å². The van der Waals surface area contributed by atoms with Gasteiger partial charge in [-0.1, -0.05) is 12.1 Å². The zero-order valence-corrected chi connectivity index (χ0v) is 23.8. The quantitative estimate of drug-likeness (QED) is 0.432. The number of piperidine rings is 1. The van der Waals surface area contributed by atoms with Gasteiger partial charge in [-0.05, 0) is 50.5 Å². The van der Waals surface area contributed by atoms with Crippen LogP contribution in [0.3, 0.4) is 0 Å². The predicted octanol–water partition coefficient (Wildman–Crippen LogP) is 5.32. The highest BCUT2D eigenvalue weighted by Crippen LogP contribution is 2.43. The molecule has 12 heteroatoms. The summed E-state index contributed by atoms with van der Waals surface area (Å²) in [6.45, 7) is 4.93. The predicted molar refractivity (Wildman–Crippen MR) is 149 cm³/mol. The Morgan fingerprint density at radius 3 is 2.71 bits per heavy atom. The van der Waals surface area contributed by atoms with Crippen LogP contribution in [0.25, 0.3) is 0 Å². The molecule has 0 aliphatic carbocycles. The largest absolute Gasteiger partial charge is 0.437 e. The van der Waals surface area contributed by atoms with Crippen LogP contribution in [-0.2, 0) is 27.2 Å². The number of aromatic nitrogens is 3. The fourth-order valence-corrected chi connectivity index (χ4v) is 6.39. The molecule has 0 saturated carbocycles. The van der Waals surface area contributed by atoms with E-state index >= 15 is 0 Å². The van der Waals surface area contributed by atoms with Crippen molar-refractivity contribution in [3.8, 4) is 0 Å². The number of imidazole rings is 1. The van der Waals surface area contributed by atoms with Crippen molar-refractivity contribution in [1.82, 2.24) is 24.8 Å². The van der Waals surface area contributed by atoms with E-state index in [0.29, 0.717) is 62.5 Å². The van der Waals surface area contributed by atoms with Gasteiger partial charge < -0.3 is 24.3 Å². The summed E-state index contributed by atoms with van der Waals surface area (Å²) in [4.78, 5) is 36.5. The number of hydrogen-bond acceptors (Lipinski definition) is 6. The molecule has 222 valence electrons. The summed E-state index contributed by atoms with van der Waals surface area (Å²) in [6, 6.07) is 7.21. The topological polar surface area (TPSA) is 111 Å². The summed E-state index contributed by atoms with van der Waals surface area (Å²) < 4.78 is 42.6. The molecule has 1 fully saturated rings. The zero-order chi connectivity index (χ0) is 29.6. The second-order valence-electron chi connectivity index (χ2n) is 11.6. The van der Waals surface area contributed by atoms with Crippen LogP contribution in [0.15, 0.2) is 42.7 Å². The third-order valence-electron chi connectivity index (χ3n) is 8.92. The molecule has 0 bridgehead atoms. The molecule has 0 radical (unpaired) electrons. The molecule has 1 aromatic carbocycles. The number of carbonyl (C=O) groups is 2. The summed E-state index contributed by atoms with van der Waals surface area (Å²) in [5.74, 6) is -0.943. The summed E-state index contributed by atoms with van der Waals surface area (Å²) in [7, 11) is 1.61. The Hall–Kier alpha value is -4.06. The third kappa shape index (κ3) is 4.87. The lowest BCUT2D eigenvalue weighted by Gasteiger charge is -2.43. The van der Waals surface area contributed by atoms with Gasteiger partial charge in [-0.25, -0.2) is 28.3 Å². The number of benzene rings is 1. The highest BCUT2D eigenvalue weighted by Gasteiger charge is 2.46. The lowest BCUT2D eigenvalue weighted by molar-refractivity contribution is -0.0308. The standard InChI is InChI=1S/C30H34F2N6O4/c1-29(2,41-3)23-16-34-26-22(10-9-18(17-38(23)26)19-6-4-8-21(31)24(19)32)35-27(39)37-14-11-30(12-15-37)20-7-5-13-33-25(20)36-28(40)42-30/h4-8,13,16,18,22H,9-12,14-15,17H2,1-3H3,(H,35,39)(H,33,36,40)/t18-,22-/m0/s1. The Bertz CT molecular complexity index is 1520. The number of pyridine rings is 1. The van der Waals surface area contributed by atoms with Crippen LogP contribution in [0, 0.1) is 11.6 Å². The van der Waals surface area contributed by atoms with Gasteiger partial charge in [0.1, 0.15) is 22.8 Å². The number of nitrogens with one attached hydrogen (secondary N) is 2. The van der Waals surface area contributed by atoms with Gasteiger partial charge in [0.2, 0.25) is 0 Å². The lowest BCUT2D eigenvalue weighted by Crippen LogP contribution is -2.52. The van der Waals surface area contributed by atoms with Gasteiger partial charge in [0.05, 0.1) is 17.9 Å². The summed E-state index contributed by atoms with van der Waals surface area (Å²) in [5.41, 5.74) is 0.343. The van der Waals surface area contributed by atoms with Gasteiger partial charge >= 0.3 is 12.1 Å². The van der Waals surface area contributed by atoms with E-state index in [2.05, 4.69) is 15.6 Å². The summed E-state index contributed by atoms with van der Waals surface area (Å²) in [6.07, 6.45) is 4.64. The lowest BCUT2D eigenvalue weighted by atomic mass is 9.83. The number of halogens is 2. The van der Waals surface area contributed by atoms with Crippen LogP contribution in [0.4, 0.5) is 24.2 Å². The van der Waals surface area contributed by atoms with E-state index in [1.54, 1.807) is 36.5 Å². The van der Waals surface area contributed by atoms with Crippen molar-refractivity contribution in [1.29, 1.82) is 0 Å². The molecular formula is C30H34F2N6O4. The summed E-state index contributed by atoms with van der Waals surface area (Å²) in [5, 5.41) is 5.79. The van der Waals surface area contributed by atoms with Crippen molar-refractivity contribution in [3.63, 3.8) is 0 Å². The smallest absolute Gasteiger partial charge is 0.413 e. The van der Waals surface area contributed by atoms with Crippen molar-refractivity contribution in [2.45, 2.75) is 69.2 Å². The Morgan fingerprint density at radius 2 is 1.95 bits per heavy atom. The third-order valence-corrected chi connectivity index (χ3v) is 8.92. The molecule has 1 spiro atoms. The first-order chi connectivity index (χ1) is 20.1. The molecule has 3 amide bonds. The van der Waals surface area contributed by atoms with Crippen molar-refractivity contribution in [2.75, 3.05) is 25.5 Å². The number of carbonyl (C=O) groups excluding carboxylic acids is 2. The molecule has 3 aliphatic heterocycles. The van der Waals surface area contributed by atoms with Crippen molar-refractivity contribution in [3.05, 3.63) is 77.0 Å². The number of fused-ring (bicyclic) bond motifs is 3. The van der Waals surface area contributed by atoms with Gasteiger partial charge in [0.25, 0.3) is 0 Å². The number of amides is 3. The molecule has 1 saturated heterocycles. The number of rotatable bonds is 4. The van der Waals surface area contributed by atoms with Gasteiger partial charge in [-0.15, -0.1) is 0 Å². The molecule has 0 unspecified atom stereocenters. The average molecular weight is 581 g/mol. The van der Waals surface area contributed by atoms with Crippen molar-refractivity contribution < 1.29 is 27.8 Å². The van der Waals surface area contributed by atoms with Crippen LogP contribution in [-0.4, -0.2) is 51.8 Å². The molecule has 2 aromatic heterocycles. The second kappa shape index (κ2) is 10.6. The van der Waals surface area contributed by atoms with Crippen LogP contribution < -0.4 is 10.6 Å². The average Bonchev–Trinajstić information content (AvgIpc) is 3.32. The Balaban J connectivity index is 1.23. The first-order valence-corrected chi connectivity index (χ1v) is 14.2. The maximum absolute atomic E-state index is 14.9. The zero-order valence-electron chi connectivity index (χ0n) is 23.8. The molecule has 10 nitrogen and oxygen atoms in total. The monoisotopic (exact) mass is 580 g/mol. The molecule has 5 heterocycles. The van der Waals surface area contributed by atoms with E-state index in [1.165, 1.54) is 6.07 Å². The highest BCUT2D eigenvalue weighted by atomic mass is 19.2. The van der Waals surface area contributed by atoms with Gasteiger partial charge in [-0.3, -0.25) is 5.32 Å². The molecular weight excluding hydrogens is 546 g/mol. The molecule has 2 N–H and O–H groups in total. The Morgan fingerprint density at radius 1 is 1.17 bits per heavy atom. The van der Waals surface area contributed by atoms with E-state index in [9.17, 15) is 18.4 Å². The van der Waals surface area contributed by atoms with Gasteiger partial charge in [0, 0.05) is 57.3 Å². The highest BCUT2D eigenvalue weighted by molar-refractivity contribution is 5.87. The molecule has 3 aliphatic rings. The van der Waals surface area contributed by atoms with Gasteiger partial charge in [0.15, 0.2) is 11.6 Å². The number of methoxy groups -OCH3 is 1. The number of likely N-dealkylation sites (tertiary alicyclic amines) is 1. The van der Waals surface area contributed by atoms with E-state index in [1.807, 2.05) is 24.5 Å². The molecule has 42 heavy (non-hydrogen) atoms.